The van der Waals surface area contributed by atoms with E-state index in [1.807, 2.05) is 32.6 Å². The van der Waals surface area contributed by atoms with Crippen LogP contribution in [0.4, 0.5) is 5.82 Å². The van der Waals surface area contributed by atoms with Crippen LogP contribution >= 0.6 is 11.9 Å². The molecule has 0 saturated carbocycles. The smallest absolute Gasteiger partial charge is 0.180 e. The number of nitrogens with two attached hydrogens (primary N) is 1. The van der Waals surface area contributed by atoms with E-state index in [0.29, 0.717) is 6.54 Å². The Hall–Kier alpha value is -2.39. The summed E-state index contributed by atoms with van der Waals surface area (Å²) in [4.78, 5) is 9.42. The van der Waals surface area contributed by atoms with Crippen molar-refractivity contribution in [1.29, 1.82) is 0 Å². The first-order valence-corrected chi connectivity index (χ1v) is 9.49. The van der Waals surface area contributed by atoms with Crippen LogP contribution in [0.15, 0.2) is 29.2 Å². The van der Waals surface area contributed by atoms with E-state index >= 15 is 0 Å². The Morgan fingerprint density at radius 2 is 2.23 bits per heavy atom. The van der Waals surface area contributed by atoms with Crippen LogP contribution < -0.4 is 11.1 Å². The van der Waals surface area contributed by atoms with Crippen LogP contribution in [0.5, 0.6) is 0 Å². The van der Waals surface area contributed by atoms with Crippen LogP contribution in [0, 0.1) is 0 Å². The highest BCUT2D eigenvalue weighted by Gasteiger charge is 2.20. The van der Waals surface area contributed by atoms with Crippen molar-refractivity contribution in [2.45, 2.75) is 31.6 Å². The molecule has 1 aliphatic heterocycles. The van der Waals surface area contributed by atoms with E-state index in [1.165, 1.54) is 0 Å². The summed E-state index contributed by atoms with van der Waals surface area (Å²) in [7, 11) is 1.91. The zero-order valence-electron chi connectivity index (χ0n) is 14.9. The molecule has 0 radical (unpaired) electrons. The fourth-order valence-corrected chi connectivity index (χ4v) is 3.89. The molecule has 1 atom stereocenters. The van der Waals surface area contributed by atoms with Crippen molar-refractivity contribution in [2.75, 3.05) is 11.9 Å². The molecule has 26 heavy (non-hydrogen) atoms. The molecule has 3 aromatic rings. The summed E-state index contributed by atoms with van der Waals surface area (Å²) in [5.41, 5.74) is 10.7. The Labute approximate surface area is 156 Å². The number of anilines is 1. The molecule has 0 aromatic carbocycles. The molecule has 4 heterocycles. The van der Waals surface area contributed by atoms with Crippen LogP contribution in [-0.2, 0) is 13.5 Å². The fraction of sp³-hybridized carbons (Fsp3) is 0.412. The molecule has 136 valence electrons. The number of fused-ring (bicyclic) bond motifs is 1. The molecule has 0 bridgehead atoms. The van der Waals surface area contributed by atoms with Gasteiger partial charge < -0.3 is 11.1 Å². The number of hydrogen-bond donors (Lipinski definition) is 2. The van der Waals surface area contributed by atoms with Crippen LogP contribution in [0.3, 0.4) is 0 Å². The average molecular weight is 370 g/mol. The lowest BCUT2D eigenvalue weighted by Gasteiger charge is -2.14. The molecular weight excluding hydrogens is 348 g/mol. The van der Waals surface area contributed by atoms with Crippen molar-refractivity contribution in [3.05, 3.63) is 30.5 Å². The number of aromatic nitrogens is 5. The number of hydrogen-bond acceptors (Lipinski definition) is 7. The van der Waals surface area contributed by atoms with Gasteiger partial charge in [0.25, 0.3) is 0 Å². The Balaban J connectivity index is 1.75. The number of imidazole rings is 1. The van der Waals surface area contributed by atoms with Gasteiger partial charge in [-0.05, 0) is 38.3 Å². The fourth-order valence-electron chi connectivity index (χ4n) is 3.03. The molecule has 3 N–H and O–H groups in total. The molecule has 0 saturated heterocycles. The number of nitrogens with one attached hydrogen (secondary N) is 1. The van der Waals surface area contributed by atoms with Gasteiger partial charge in [0.05, 0.1) is 23.8 Å². The lowest BCUT2D eigenvalue weighted by atomic mass is 10.2. The Morgan fingerprint density at radius 3 is 2.92 bits per heavy atom. The molecule has 3 aromatic heterocycles. The second kappa shape index (κ2) is 7.08. The number of rotatable bonds is 6. The van der Waals surface area contributed by atoms with Gasteiger partial charge in [-0.1, -0.05) is 0 Å². The molecule has 9 heteroatoms. The monoisotopic (exact) mass is 370 g/mol. The standard InChI is InChI=1S/C17H22N8S/c1-11-6-15(26-23-11)22-16-17-19-8-14(12-7-20-24(2)9-12)25(17)10-13(21-16)4-3-5-18/h7-10,15H,3-6,18H2,1-2H3,(H,21,22). The van der Waals surface area contributed by atoms with Crippen molar-refractivity contribution in [3.8, 4) is 11.3 Å². The Kier molecular flexibility index (Phi) is 4.64. The topological polar surface area (TPSA) is 98.4 Å². The normalized spacial score (nSPS) is 17.0. The van der Waals surface area contributed by atoms with E-state index in [2.05, 4.69) is 30.4 Å². The first kappa shape index (κ1) is 17.0. The van der Waals surface area contributed by atoms with Gasteiger partial charge in [0.1, 0.15) is 5.37 Å². The second-order valence-electron chi connectivity index (χ2n) is 6.48. The first-order chi connectivity index (χ1) is 12.6. The summed E-state index contributed by atoms with van der Waals surface area (Å²) in [6.07, 6.45) is 10.4. The molecular formula is C17H22N8S. The Morgan fingerprint density at radius 1 is 1.35 bits per heavy atom. The summed E-state index contributed by atoms with van der Waals surface area (Å²) in [6.45, 7) is 2.69. The highest BCUT2D eigenvalue weighted by Crippen LogP contribution is 2.29. The van der Waals surface area contributed by atoms with Crippen LogP contribution in [0.25, 0.3) is 16.9 Å². The lowest BCUT2D eigenvalue weighted by Crippen LogP contribution is -2.16. The maximum absolute atomic E-state index is 5.69. The van der Waals surface area contributed by atoms with Gasteiger partial charge in [0.15, 0.2) is 11.5 Å². The number of aryl methyl sites for hydroxylation is 2. The van der Waals surface area contributed by atoms with Crippen molar-refractivity contribution in [1.82, 2.24) is 24.1 Å². The molecule has 4 rings (SSSR count). The van der Waals surface area contributed by atoms with Gasteiger partial charge in [0.2, 0.25) is 0 Å². The van der Waals surface area contributed by atoms with E-state index in [9.17, 15) is 0 Å². The highest BCUT2D eigenvalue weighted by molar-refractivity contribution is 7.99. The van der Waals surface area contributed by atoms with Gasteiger partial charge in [-0.25, -0.2) is 14.4 Å². The summed E-state index contributed by atoms with van der Waals surface area (Å²) < 4.78 is 8.29. The van der Waals surface area contributed by atoms with Crippen molar-refractivity contribution in [3.63, 3.8) is 0 Å². The van der Waals surface area contributed by atoms with Crippen molar-refractivity contribution >= 4 is 29.1 Å². The highest BCUT2D eigenvalue weighted by atomic mass is 32.2. The van der Waals surface area contributed by atoms with E-state index in [0.717, 1.165) is 53.4 Å². The molecule has 0 fully saturated rings. The van der Waals surface area contributed by atoms with Crippen molar-refractivity contribution < 1.29 is 0 Å². The summed E-state index contributed by atoms with van der Waals surface area (Å²) >= 11 is 1.55. The third-order valence-corrected chi connectivity index (χ3v) is 5.25. The van der Waals surface area contributed by atoms with E-state index < -0.39 is 0 Å². The van der Waals surface area contributed by atoms with E-state index in [4.69, 9.17) is 10.7 Å². The predicted molar refractivity (Wildman–Crippen MR) is 105 cm³/mol. The van der Waals surface area contributed by atoms with Crippen LogP contribution in [0.1, 0.15) is 25.5 Å². The maximum atomic E-state index is 5.69. The van der Waals surface area contributed by atoms with Gasteiger partial charge in [-0.3, -0.25) is 9.08 Å². The van der Waals surface area contributed by atoms with E-state index in [1.54, 1.807) is 16.6 Å². The minimum Gasteiger partial charge on any atom is -0.353 e. The minimum absolute atomic E-state index is 0.189. The molecule has 1 aliphatic rings. The molecule has 1 unspecified atom stereocenters. The second-order valence-corrected chi connectivity index (χ2v) is 7.44. The van der Waals surface area contributed by atoms with E-state index in [-0.39, 0.29) is 5.37 Å². The quantitative estimate of drug-likeness (QED) is 0.646. The summed E-state index contributed by atoms with van der Waals surface area (Å²) in [5.74, 6) is 0.789. The average Bonchev–Trinajstić information content (AvgIpc) is 3.33. The number of nitrogens with zero attached hydrogens (tertiary/aromatic N) is 6. The van der Waals surface area contributed by atoms with Gasteiger partial charge in [0, 0.05) is 37.1 Å². The predicted octanol–water partition coefficient (Wildman–Crippen LogP) is 2.27. The lowest BCUT2D eigenvalue weighted by molar-refractivity contribution is 0.768. The minimum atomic E-state index is 0.189. The molecule has 8 nitrogen and oxygen atoms in total. The molecule has 0 spiro atoms. The third kappa shape index (κ3) is 3.32. The molecule has 0 aliphatic carbocycles. The van der Waals surface area contributed by atoms with Gasteiger partial charge in [-0.2, -0.15) is 5.10 Å². The van der Waals surface area contributed by atoms with Crippen molar-refractivity contribution in [2.24, 2.45) is 17.2 Å². The van der Waals surface area contributed by atoms with Gasteiger partial charge >= 0.3 is 0 Å². The third-order valence-electron chi connectivity index (χ3n) is 4.29. The van der Waals surface area contributed by atoms with Gasteiger partial charge in [-0.15, -0.1) is 0 Å². The SMILES string of the molecule is CC1=NSC(Nc2nc(CCCN)cn3c(-c4cnn(C)c4)cnc23)C1. The zero-order valence-corrected chi connectivity index (χ0v) is 15.7. The van der Waals surface area contributed by atoms with Crippen LogP contribution in [-0.4, -0.2) is 41.8 Å². The van der Waals surface area contributed by atoms with Crippen LogP contribution in [0.2, 0.25) is 0 Å². The molecule has 0 amide bonds. The summed E-state index contributed by atoms with van der Waals surface area (Å²) in [6, 6.07) is 0. The zero-order chi connectivity index (χ0) is 18.1. The summed E-state index contributed by atoms with van der Waals surface area (Å²) in [5, 5.41) is 7.97. The largest absolute Gasteiger partial charge is 0.353 e. The Bertz CT molecular complexity index is 957. The maximum Gasteiger partial charge on any atom is 0.180 e. The first-order valence-electron chi connectivity index (χ1n) is 8.66.